The zero-order valence-corrected chi connectivity index (χ0v) is 62.7. The molecular formula is C80H97N3O4S7. The largest absolute Gasteiger partial charge is 0.306 e. The molecule has 0 radical (unpaired) electrons. The minimum Gasteiger partial charge on any atom is -0.306 e. The summed E-state index contributed by atoms with van der Waals surface area (Å²) in [5.74, 6) is 0.648. The van der Waals surface area contributed by atoms with Gasteiger partial charge in [-0.2, -0.15) is 0 Å². The number of thiophene rings is 7. The van der Waals surface area contributed by atoms with Crippen LogP contribution in [0.2, 0.25) is 0 Å². The maximum absolute atomic E-state index is 15.9. The highest BCUT2D eigenvalue weighted by molar-refractivity contribution is 7.31. The van der Waals surface area contributed by atoms with Crippen LogP contribution in [-0.2, 0) is 9.59 Å². The zero-order valence-electron chi connectivity index (χ0n) is 57.0. The fourth-order valence-electron chi connectivity index (χ4n) is 14.9. The van der Waals surface area contributed by atoms with Gasteiger partial charge in [0.1, 0.15) is 0 Å². The summed E-state index contributed by atoms with van der Waals surface area (Å²) in [5, 5.41) is 4.69. The molecular weight excluding hydrogens is 1290 g/mol. The number of hydrogen-bond donors (Lipinski definition) is 0. The van der Waals surface area contributed by atoms with E-state index in [9.17, 15) is 9.59 Å². The van der Waals surface area contributed by atoms with Crippen molar-refractivity contribution in [2.45, 2.75) is 222 Å². The minimum atomic E-state index is -0.158. The number of rotatable bonds is 37. The Bertz CT molecular complexity index is 4140. The third-order valence-electron chi connectivity index (χ3n) is 20.2. The van der Waals surface area contributed by atoms with Gasteiger partial charge in [-0.3, -0.25) is 24.1 Å². The number of carbonyl (C=O) groups excluding carboxylic acids is 4. The highest BCUT2D eigenvalue weighted by atomic mass is 32.1. The smallest absolute Gasteiger partial charge is 0.263 e. The van der Waals surface area contributed by atoms with Crippen LogP contribution in [0.3, 0.4) is 0 Å². The molecule has 2 aromatic carbocycles. The van der Waals surface area contributed by atoms with Crippen LogP contribution in [0.1, 0.15) is 249 Å². The molecule has 498 valence electrons. The van der Waals surface area contributed by atoms with E-state index in [-0.39, 0.29) is 29.5 Å². The summed E-state index contributed by atoms with van der Waals surface area (Å²) in [7, 11) is 0. The molecule has 94 heavy (non-hydrogen) atoms. The third-order valence-corrected chi connectivity index (χ3v) is 28.3. The van der Waals surface area contributed by atoms with Crippen molar-refractivity contribution < 1.29 is 19.2 Å². The van der Waals surface area contributed by atoms with Gasteiger partial charge >= 0.3 is 0 Å². The molecule has 10 heterocycles. The normalized spacial score (nSPS) is 15.4. The second kappa shape index (κ2) is 31.6. The number of imide groups is 1. The van der Waals surface area contributed by atoms with Crippen LogP contribution in [-0.4, -0.2) is 58.0 Å². The number of nitrogens with zero attached hydrogens (tertiary/aromatic N) is 3. The zero-order chi connectivity index (χ0) is 65.6. The van der Waals surface area contributed by atoms with Crippen molar-refractivity contribution in [1.29, 1.82) is 0 Å². The highest BCUT2D eigenvalue weighted by Gasteiger charge is 2.50. The minimum absolute atomic E-state index is 0.000385. The van der Waals surface area contributed by atoms with E-state index in [2.05, 4.69) is 138 Å². The SMILES string of the molecule is CCCCCCCCC(CCCCC)CN1C(=O)C2=C(c3ccc(-c4cc5cc6sc(-c7sc(-c8cc9cc%10sc(C)cc%10cc9s8)c8c7C(=O)N(CC(CC)CCCC)C8=O)cc6cc5s4)s3)N(CC(CCCCC)CCCCCCCC)C(=O)C2=C1c1ccc(C)s1. The predicted molar refractivity (Wildman–Crippen MR) is 411 cm³/mol. The van der Waals surface area contributed by atoms with Gasteiger partial charge in [0, 0.05) is 67.7 Å². The van der Waals surface area contributed by atoms with Gasteiger partial charge in [-0.05, 0) is 158 Å². The van der Waals surface area contributed by atoms with E-state index in [0.717, 1.165) is 149 Å². The van der Waals surface area contributed by atoms with Crippen molar-refractivity contribution >= 4 is 155 Å². The molecule has 7 aromatic heterocycles. The Morgan fingerprint density at radius 2 is 0.702 bits per heavy atom. The Kier molecular flexibility index (Phi) is 23.2. The molecule has 0 bridgehead atoms. The molecule has 3 aliphatic heterocycles. The molecule has 0 fully saturated rings. The number of benzene rings is 2. The number of aryl methyl sites for hydroxylation is 2. The molecule has 14 heteroatoms. The summed E-state index contributed by atoms with van der Waals surface area (Å²) < 4.78 is 4.77. The summed E-state index contributed by atoms with van der Waals surface area (Å²) in [4.78, 5) is 77.9. The Hall–Kier alpha value is -5.06. The van der Waals surface area contributed by atoms with E-state index < -0.39 is 0 Å². The van der Waals surface area contributed by atoms with E-state index in [1.165, 1.54) is 118 Å². The van der Waals surface area contributed by atoms with Crippen LogP contribution in [0.25, 0.3) is 81.0 Å². The van der Waals surface area contributed by atoms with Crippen LogP contribution in [0, 0.1) is 31.6 Å². The monoisotopic (exact) mass is 1390 g/mol. The van der Waals surface area contributed by atoms with Crippen LogP contribution in [0.4, 0.5) is 0 Å². The maximum Gasteiger partial charge on any atom is 0.263 e. The van der Waals surface area contributed by atoms with E-state index in [1.54, 1.807) is 72.9 Å². The number of amides is 4. The first-order valence-corrected chi connectivity index (χ1v) is 41.8. The van der Waals surface area contributed by atoms with Gasteiger partial charge in [-0.1, -0.05) is 176 Å². The van der Waals surface area contributed by atoms with Gasteiger partial charge < -0.3 is 9.80 Å². The Morgan fingerprint density at radius 1 is 0.319 bits per heavy atom. The highest BCUT2D eigenvalue weighted by Crippen LogP contribution is 2.54. The van der Waals surface area contributed by atoms with Gasteiger partial charge in [-0.25, -0.2) is 0 Å². The molecule has 0 saturated carbocycles. The first-order valence-electron chi connectivity index (χ1n) is 36.1. The van der Waals surface area contributed by atoms with Crippen molar-refractivity contribution in [2.24, 2.45) is 17.8 Å². The van der Waals surface area contributed by atoms with Gasteiger partial charge in [0.2, 0.25) is 0 Å². The van der Waals surface area contributed by atoms with Gasteiger partial charge in [0.25, 0.3) is 23.6 Å². The summed E-state index contributed by atoms with van der Waals surface area (Å²) in [6.07, 6.45) is 30.4. The van der Waals surface area contributed by atoms with Gasteiger partial charge in [0.15, 0.2) is 0 Å². The lowest BCUT2D eigenvalue weighted by Crippen LogP contribution is -2.34. The van der Waals surface area contributed by atoms with Crippen molar-refractivity contribution in [3.63, 3.8) is 0 Å². The molecule has 4 amide bonds. The van der Waals surface area contributed by atoms with Gasteiger partial charge in [-0.15, -0.1) is 79.4 Å². The van der Waals surface area contributed by atoms with Crippen LogP contribution >= 0.6 is 79.4 Å². The van der Waals surface area contributed by atoms with Gasteiger partial charge in [0.05, 0.1) is 53.2 Å². The molecule has 9 aromatic rings. The van der Waals surface area contributed by atoms with Crippen LogP contribution in [0.5, 0.6) is 0 Å². The summed E-state index contributed by atoms with van der Waals surface area (Å²) >= 11 is 12.1. The summed E-state index contributed by atoms with van der Waals surface area (Å²) in [5.41, 5.74) is 4.04. The van der Waals surface area contributed by atoms with E-state index in [4.69, 9.17) is 0 Å². The van der Waals surface area contributed by atoms with Crippen LogP contribution < -0.4 is 0 Å². The molecule has 0 spiro atoms. The van der Waals surface area contributed by atoms with Crippen molar-refractivity contribution in [3.8, 4) is 29.3 Å². The Morgan fingerprint density at radius 3 is 1.18 bits per heavy atom. The van der Waals surface area contributed by atoms with Crippen molar-refractivity contribution in [3.05, 3.63) is 115 Å². The van der Waals surface area contributed by atoms with Crippen LogP contribution in [0.15, 0.2) is 83.9 Å². The fourth-order valence-corrected chi connectivity index (χ4v) is 22.7. The standard InChI is InChI=1S/C80H97N3O4S7/c1-9-15-20-22-24-28-33-53(31-26-17-11-3)48-81-73(60-36-35-50(7)88-60)69-70(78(81)85)74(82(77(69)84)49-54(32-27-18-12-4)34-29-25-23-21-16-10-2)61-38-37-59(90-61)66-44-56-42-65-58(43-63(56)91-66)46-68(93-65)76-72-71(79(86)83(80(72)87)47-52(14-6)30-19-13-5)75(94-76)67-45-57-41-62-55(39-51(8)89-62)40-64(57)92-67/h35-46,52-54H,9-34,47-49H2,1-8H3. The number of unbranched alkanes of at least 4 members (excludes halogenated alkanes) is 15. The molecule has 3 atom stereocenters. The maximum atomic E-state index is 15.9. The van der Waals surface area contributed by atoms with Crippen molar-refractivity contribution in [2.75, 3.05) is 19.6 Å². The summed E-state index contributed by atoms with van der Waals surface area (Å²) in [6.45, 7) is 19.5. The Labute approximate surface area is 587 Å². The summed E-state index contributed by atoms with van der Waals surface area (Å²) in [6, 6.07) is 27.0. The lowest BCUT2D eigenvalue weighted by Gasteiger charge is -2.29. The lowest BCUT2D eigenvalue weighted by molar-refractivity contribution is -0.124. The molecule has 0 aliphatic carbocycles. The predicted octanol–water partition coefficient (Wildman–Crippen LogP) is 25.9. The topological polar surface area (TPSA) is 78.0 Å². The second-order valence-electron chi connectivity index (χ2n) is 27.4. The quantitative estimate of drug-likeness (QED) is 0.0287. The third kappa shape index (κ3) is 14.7. The van der Waals surface area contributed by atoms with E-state index in [1.807, 2.05) is 11.3 Å². The number of fused-ring (bicyclic) bond motifs is 6. The lowest BCUT2D eigenvalue weighted by atomic mass is 9.93. The molecule has 12 rings (SSSR count). The van der Waals surface area contributed by atoms with Crippen molar-refractivity contribution in [1.82, 2.24) is 14.7 Å². The first-order chi connectivity index (χ1) is 45.8. The molecule has 7 nitrogen and oxygen atoms in total. The fraction of sp³-hybridized carbons (Fsp3) is 0.500. The average Bonchev–Trinajstić information content (AvgIpc) is 1.58. The molecule has 0 saturated heterocycles. The second-order valence-corrected chi connectivity index (χ2v) is 35.3. The van der Waals surface area contributed by atoms with E-state index >= 15 is 9.59 Å². The van der Waals surface area contributed by atoms with E-state index in [0.29, 0.717) is 53.7 Å². The molecule has 3 unspecified atom stereocenters. The molecule has 3 aliphatic rings. The molecule has 0 N–H and O–H groups in total. The average molecular weight is 1390 g/mol. The number of carbonyl (C=O) groups is 4. The Balaban J connectivity index is 0.896. The number of hydrogen-bond acceptors (Lipinski definition) is 11. The first kappa shape index (κ1) is 68.9.